The van der Waals surface area contributed by atoms with Crippen LogP contribution in [0.5, 0.6) is 0 Å². The molecule has 2 fully saturated rings. The molecule has 0 aliphatic carbocycles. The lowest BCUT2D eigenvalue weighted by Crippen LogP contribution is -2.48. The lowest BCUT2D eigenvalue weighted by atomic mass is 9.89. The normalized spacial score (nSPS) is 24.0. The summed E-state index contributed by atoms with van der Waals surface area (Å²) in [6.45, 7) is 10.8. The third-order valence-corrected chi connectivity index (χ3v) is 5.74. The van der Waals surface area contributed by atoms with Gasteiger partial charge in [0.1, 0.15) is 0 Å². The fourth-order valence-corrected chi connectivity index (χ4v) is 4.20. The van der Waals surface area contributed by atoms with Crippen molar-refractivity contribution in [2.45, 2.75) is 32.7 Å². The molecule has 0 amide bonds. The van der Waals surface area contributed by atoms with Crippen LogP contribution in [0.4, 0.5) is 5.13 Å². The van der Waals surface area contributed by atoms with Crippen molar-refractivity contribution in [2.75, 3.05) is 44.3 Å². The molecule has 0 unspecified atom stereocenters. The van der Waals surface area contributed by atoms with E-state index in [-0.39, 0.29) is 0 Å². The summed E-state index contributed by atoms with van der Waals surface area (Å²) in [6, 6.07) is 0.694. The number of aromatic nitrogens is 1. The van der Waals surface area contributed by atoms with Gasteiger partial charge in [0, 0.05) is 37.6 Å². The minimum absolute atomic E-state index is 0.694. The van der Waals surface area contributed by atoms with Gasteiger partial charge in [0.05, 0.1) is 18.9 Å². The van der Waals surface area contributed by atoms with Gasteiger partial charge in [-0.15, -0.1) is 11.3 Å². The SMILES string of the molecule is Cc1csc(N2CCC([C@H](C)N3CCOCC3)CC2)n1. The summed E-state index contributed by atoms with van der Waals surface area (Å²) < 4.78 is 5.46. The van der Waals surface area contributed by atoms with E-state index in [1.54, 1.807) is 11.3 Å². The maximum Gasteiger partial charge on any atom is 0.185 e. The molecule has 3 heterocycles. The third kappa shape index (κ3) is 3.15. The molecule has 112 valence electrons. The van der Waals surface area contributed by atoms with Crippen LogP contribution in [0.3, 0.4) is 0 Å². The molecule has 0 N–H and O–H groups in total. The number of piperidine rings is 1. The number of thiazole rings is 1. The second kappa shape index (κ2) is 6.41. The molecule has 0 aromatic carbocycles. The summed E-state index contributed by atoms with van der Waals surface area (Å²) in [7, 11) is 0. The zero-order chi connectivity index (χ0) is 13.9. The summed E-state index contributed by atoms with van der Waals surface area (Å²) >= 11 is 1.78. The van der Waals surface area contributed by atoms with Crippen LogP contribution >= 0.6 is 11.3 Å². The smallest absolute Gasteiger partial charge is 0.185 e. The van der Waals surface area contributed by atoms with Crippen molar-refractivity contribution in [3.63, 3.8) is 0 Å². The molecule has 2 aliphatic rings. The van der Waals surface area contributed by atoms with Gasteiger partial charge in [0.25, 0.3) is 0 Å². The standard InChI is InChI=1S/C15H25N3OS/c1-12-11-20-15(16-12)18-5-3-14(4-6-18)13(2)17-7-9-19-10-8-17/h11,13-14H,3-10H2,1-2H3/t13-/m0/s1. The molecule has 20 heavy (non-hydrogen) atoms. The highest BCUT2D eigenvalue weighted by Gasteiger charge is 2.29. The summed E-state index contributed by atoms with van der Waals surface area (Å²) in [6.07, 6.45) is 2.58. The second-order valence-corrected chi connectivity index (χ2v) is 6.82. The average molecular weight is 295 g/mol. The van der Waals surface area contributed by atoms with E-state index >= 15 is 0 Å². The van der Waals surface area contributed by atoms with Gasteiger partial charge in [-0.2, -0.15) is 0 Å². The Bertz CT molecular complexity index is 423. The lowest BCUT2D eigenvalue weighted by molar-refractivity contribution is 0.00449. The quantitative estimate of drug-likeness (QED) is 0.856. The molecule has 5 heteroatoms. The molecule has 2 aliphatic heterocycles. The van der Waals surface area contributed by atoms with E-state index in [2.05, 4.69) is 34.0 Å². The van der Waals surface area contributed by atoms with E-state index in [0.29, 0.717) is 6.04 Å². The Kier molecular flexibility index (Phi) is 4.58. The van der Waals surface area contributed by atoms with Gasteiger partial charge in [-0.1, -0.05) is 0 Å². The molecule has 0 saturated carbocycles. The van der Waals surface area contributed by atoms with Gasteiger partial charge in [0.15, 0.2) is 5.13 Å². The van der Waals surface area contributed by atoms with E-state index in [4.69, 9.17) is 4.74 Å². The van der Waals surface area contributed by atoms with Crippen LogP contribution in [0.15, 0.2) is 5.38 Å². The predicted molar refractivity (Wildman–Crippen MR) is 83.6 cm³/mol. The highest BCUT2D eigenvalue weighted by molar-refractivity contribution is 7.13. The van der Waals surface area contributed by atoms with Gasteiger partial charge < -0.3 is 9.64 Å². The highest BCUT2D eigenvalue weighted by atomic mass is 32.1. The van der Waals surface area contributed by atoms with Crippen molar-refractivity contribution in [2.24, 2.45) is 5.92 Å². The van der Waals surface area contributed by atoms with Crippen molar-refractivity contribution in [1.29, 1.82) is 0 Å². The molecule has 1 aromatic heterocycles. The maximum atomic E-state index is 5.46. The van der Waals surface area contributed by atoms with Crippen molar-refractivity contribution in [3.05, 3.63) is 11.1 Å². The Morgan fingerprint density at radius 1 is 1.25 bits per heavy atom. The fraction of sp³-hybridized carbons (Fsp3) is 0.800. The third-order valence-electron chi connectivity index (χ3n) is 4.72. The molecular formula is C15H25N3OS. The first kappa shape index (κ1) is 14.3. The number of rotatable bonds is 3. The number of nitrogens with zero attached hydrogens (tertiary/aromatic N) is 3. The molecule has 1 aromatic rings. The number of hydrogen-bond acceptors (Lipinski definition) is 5. The first-order valence-electron chi connectivity index (χ1n) is 7.73. The van der Waals surface area contributed by atoms with Crippen LogP contribution in [0.1, 0.15) is 25.5 Å². The topological polar surface area (TPSA) is 28.6 Å². The molecule has 0 radical (unpaired) electrons. The molecule has 0 spiro atoms. The zero-order valence-electron chi connectivity index (χ0n) is 12.5. The molecule has 4 nitrogen and oxygen atoms in total. The van der Waals surface area contributed by atoms with Crippen LogP contribution in [0.25, 0.3) is 0 Å². The number of morpholine rings is 1. The van der Waals surface area contributed by atoms with Crippen molar-refractivity contribution in [1.82, 2.24) is 9.88 Å². The maximum absolute atomic E-state index is 5.46. The van der Waals surface area contributed by atoms with Crippen LogP contribution in [0, 0.1) is 12.8 Å². The zero-order valence-corrected chi connectivity index (χ0v) is 13.4. The van der Waals surface area contributed by atoms with Crippen LogP contribution in [-0.4, -0.2) is 55.3 Å². The Morgan fingerprint density at radius 3 is 2.55 bits per heavy atom. The number of aryl methyl sites for hydroxylation is 1. The number of ether oxygens (including phenoxy) is 1. The summed E-state index contributed by atoms with van der Waals surface area (Å²) in [4.78, 5) is 9.68. The average Bonchev–Trinajstić information content (AvgIpc) is 2.94. The fourth-order valence-electron chi connectivity index (χ4n) is 3.34. The first-order valence-corrected chi connectivity index (χ1v) is 8.61. The van der Waals surface area contributed by atoms with E-state index in [9.17, 15) is 0 Å². The predicted octanol–water partition coefficient (Wildman–Crippen LogP) is 2.39. The van der Waals surface area contributed by atoms with Gasteiger partial charge in [0.2, 0.25) is 0 Å². The summed E-state index contributed by atoms with van der Waals surface area (Å²) in [5.41, 5.74) is 1.15. The molecule has 1 atom stereocenters. The van der Waals surface area contributed by atoms with E-state index in [1.807, 2.05) is 0 Å². The lowest BCUT2D eigenvalue weighted by Gasteiger charge is -2.41. The molecule has 0 bridgehead atoms. The Balaban J connectivity index is 1.52. The van der Waals surface area contributed by atoms with Gasteiger partial charge >= 0.3 is 0 Å². The van der Waals surface area contributed by atoms with E-state index in [0.717, 1.165) is 51.0 Å². The van der Waals surface area contributed by atoms with E-state index < -0.39 is 0 Å². The van der Waals surface area contributed by atoms with Crippen molar-refractivity contribution < 1.29 is 4.74 Å². The van der Waals surface area contributed by atoms with Crippen molar-refractivity contribution >= 4 is 16.5 Å². The minimum atomic E-state index is 0.694. The van der Waals surface area contributed by atoms with Crippen LogP contribution in [-0.2, 0) is 4.74 Å². The molecular weight excluding hydrogens is 270 g/mol. The summed E-state index contributed by atoms with van der Waals surface area (Å²) in [5.74, 6) is 0.824. The van der Waals surface area contributed by atoms with Crippen molar-refractivity contribution in [3.8, 4) is 0 Å². The van der Waals surface area contributed by atoms with Gasteiger partial charge in [-0.3, -0.25) is 4.90 Å². The van der Waals surface area contributed by atoms with E-state index in [1.165, 1.54) is 18.0 Å². The largest absolute Gasteiger partial charge is 0.379 e. The highest BCUT2D eigenvalue weighted by Crippen LogP contribution is 2.29. The molecule has 3 rings (SSSR count). The number of anilines is 1. The molecule has 2 saturated heterocycles. The Morgan fingerprint density at radius 2 is 1.95 bits per heavy atom. The van der Waals surface area contributed by atoms with Crippen LogP contribution in [0.2, 0.25) is 0 Å². The summed E-state index contributed by atoms with van der Waals surface area (Å²) in [5, 5.41) is 3.36. The second-order valence-electron chi connectivity index (χ2n) is 5.98. The minimum Gasteiger partial charge on any atom is -0.379 e. The Hall–Kier alpha value is -0.650. The van der Waals surface area contributed by atoms with Crippen LogP contribution < -0.4 is 4.90 Å². The first-order chi connectivity index (χ1) is 9.74. The van der Waals surface area contributed by atoms with Gasteiger partial charge in [-0.25, -0.2) is 4.98 Å². The number of hydrogen-bond donors (Lipinski definition) is 0. The van der Waals surface area contributed by atoms with Gasteiger partial charge in [-0.05, 0) is 32.6 Å². The Labute approximate surface area is 125 Å². The monoisotopic (exact) mass is 295 g/mol.